The van der Waals surface area contributed by atoms with Crippen molar-refractivity contribution >= 4 is 9.84 Å². The SMILES string of the molecule is CNCCOC1(S(=O)(=O)c2ccccc2)CCCc2ccccc21. The van der Waals surface area contributed by atoms with Gasteiger partial charge in [0.05, 0.1) is 11.5 Å². The third kappa shape index (κ3) is 2.88. The van der Waals surface area contributed by atoms with Crippen molar-refractivity contribution < 1.29 is 13.2 Å². The molecule has 24 heavy (non-hydrogen) atoms. The van der Waals surface area contributed by atoms with Crippen LogP contribution < -0.4 is 5.32 Å². The van der Waals surface area contributed by atoms with E-state index in [9.17, 15) is 8.42 Å². The number of hydrogen-bond donors (Lipinski definition) is 1. The summed E-state index contributed by atoms with van der Waals surface area (Å²) < 4.78 is 33.1. The van der Waals surface area contributed by atoms with Gasteiger partial charge in [0.15, 0.2) is 4.93 Å². The van der Waals surface area contributed by atoms with Gasteiger partial charge in [-0.05, 0) is 44.0 Å². The van der Waals surface area contributed by atoms with Crippen molar-refractivity contribution in [1.29, 1.82) is 0 Å². The van der Waals surface area contributed by atoms with Gasteiger partial charge in [0.1, 0.15) is 0 Å². The van der Waals surface area contributed by atoms with Gasteiger partial charge in [0.2, 0.25) is 9.84 Å². The predicted molar refractivity (Wildman–Crippen MR) is 94.6 cm³/mol. The first-order valence-corrected chi connectivity index (χ1v) is 9.77. The standard InChI is InChI=1S/C19H23NO3S/c1-20-14-15-23-19(24(21,22)17-10-3-2-4-11-17)13-7-9-16-8-5-6-12-18(16)19/h2-6,8,10-12,20H,7,9,13-15H2,1H3. The molecule has 1 aliphatic carbocycles. The van der Waals surface area contributed by atoms with Crippen molar-refractivity contribution in [1.82, 2.24) is 5.32 Å². The fraction of sp³-hybridized carbons (Fsp3) is 0.368. The van der Waals surface area contributed by atoms with E-state index >= 15 is 0 Å². The molecule has 0 aromatic heterocycles. The van der Waals surface area contributed by atoms with Crippen LogP contribution in [-0.2, 0) is 25.9 Å². The third-order valence-electron chi connectivity index (χ3n) is 4.55. The Morgan fingerprint density at radius 2 is 1.79 bits per heavy atom. The minimum atomic E-state index is -3.67. The van der Waals surface area contributed by atoms with Gasteiger partial charge >= 0.3 is 0 Å². The summed E-state index contributed by atoms with van der Waals surface area (Å²) in [7, 11) is -1.84. The molecule has 2 aromatic carbocycles. The number of benzene rings is 2. The molecule has 1 aliphatic rings. The van der Waals surface area contributed by atoms with E-state index in [4.69, 9.17) is 4.74 Å². The maximum atomic E-state index is 13.5. The van der Waals surface area contributed by atoms with Crippen molar-refractivity contribution in [3.05, 3.63) is 65.7 Å². The lowest BCUT2D eigenvalue weighted by Gasteiger charge is -2.38. The zero-order chi connectivity index (χ0) is 17.0. The molecular formula is C19H23NO3S. The van der Waals surface area contributed by atoms with Gasteiger partial charge < -0.3 is 10.1 Å². The Morgan fingerprint density at radius 1 is 1.08 bits per heavy atom. The molecule has 1 atom stereocenters. The van der Waals surface area contributed by atoms with E-state index in [1.807, 2.05) is 37.4 Å². The third-order valence-corrected chi connectivity index (χ3v) is 6.86. The molecule has 0 heterocycles. The maximum Gasteiger partial charge on any atom is 0.212 e. The van der Waals surface area contributed by atoms with E-state index in [1.165, 1.54) is 0 Å². The quantitative estimate of drug-likeness (QED) is 0.818. The molecule has 0 saturated heterocycles. The molecule has 4 nitrogen and oxygen atoms in total. The minimum absolute atomic E-state index is 0.311. The summed E-state index contributed by atoms with van der Waals surface area (Å²) in [4.78, 5) is -0.994. The topological polar surface area (TPSA) is 55.4 Å². The first-order valence-electron chi connectivity index (χ1n) is 8.28. The average molecular weight is 345 g/mol. The van der Waals surface area contributed by atoms with E-state index in [0.29, 0.717) is 24.5 Å². The largest absolute Gasteiger partial charge is 0.353 e. The van der Waals surface area contributed by atoms with E-state index in [1.54, 1.807) is 24.3 Å². The predicted octanol–water partition coefficient (Wildman–Crippen LogP) is 2.89. The molecule has 0 aliphatic heterocycles. The molecule has 3 rings (SSSR count). The highest BCUT2D eigenvalue weighted by Gasteiger charge is 2.49. The number of aryl methyl sites for hydroxylation is 1. The second kappa shape index (κ2) is 7.05. The zero-order valence-electron chi connectivity index (χ0n) is 13.9. The van der Waals surface area contributed by atoms with Crippen molar-refractivity contribution in [2.24, 2.45) is 0 Å². The van der Waals surface area contributed by atoms with Crippen LogP contribution in [0.2, 0.25) is 0 Å². The monoisotopic (exact) mass is 345 g/mol. The summed E-state index contributed by atoms with van der Waals surface area (Å²) in [6, 6.07) is 16.4. The molecule has 1 unspecified atom stereocenters. The lowest BCUT2D eigenvalue weighted by Crippen LogP contribution is -2.43. The number of hydrogen-bond acceptors (Lipinski definition) is 4. The summed E-state index contributed by atoms with van der Waals surface area (Å²) in [5.74, 6) is 0. The van der Waals surface area contributed by atoms with Crippen molar-refractivity contribution in [2.75, 3.05) is 20.2 Å². The number of fused-ring (bicyclic) bond motifs is 1. The van der Waals surface area contributed by atoms with Crippen LogP contribution in [-0.4, -0.2) is 28.6 Å². The van der Waals surface area contributed by atoms with Gasteiger partial charge in [-0.2, -0.15) is 0 Å². The molecule has 0 amide bonds. The van der Waals surface area contributed by atoms with Crippen LogP contribution in [0.15, 0.2) is 59.5 Å². The highest BCUT2D eigenvalue weighted by atomic mass is 32.2. The first kappa shape index (κ1) is 17.1. The number of likely N-dealkylation sites (N-methyl/N-ethyl adjacent to an activating group) is 1. The molecule has 0 bridgehead atoms. The second-order valence-corrected chi connectivity index (χ2v) is 8.17. The summed E-state index contributed by atoms with van der Waals surface area (Å²) in [5.41, 5.74) is 1.85. The van der Waals surface area contributed by atoms with Crippen LogP contribution in [0.3, 0.4) is 0 Å². The Morgan fingerprint density at radius 3 is 2.54 bits per heavy atom. The van der Waals surface area contributed by atoms with Gasteiger partial charge in [-0.25, -0.2) is 8.42 Å². The molecule has 0 radical (unpaired) electrons. The lowest BCUT2D eigenvalue weighted by atomic mass is 9.89. The van der Waals surface area contributed by atoms with Crippen LogP contribution in [0.4, 0.5) is 0 Å². The first-order chi connectivity index (χ1) is 11.6. The average Bonchev–Trinajstić information content (AvgIpc) is 2.62. The number of nitrogens with one attached hydrogen (secondary N) is 1. The Hall–Kier alpha value is -1.69. The molecule has 5 heteroatoms. The second-order valence-electron chi connectivity index (χ2n) is 6.03. The van der Waals surface area contributed by atoms with Crippen LogP contribution in [0.5, 0.6) is 0 Å². The maximum absolute atomic E-state index is 13.5. The van der Waals surface area contributed by atoms with Gasteiger partial charge in [-0.15, -0.1) is 0 Å². The number of ether oxygens (including phenoxy) is 1. The Bertz CT molecular complexity index is 789. The Labute approximate surface area is 143 Å². The van der Waals surface area contributed by atoms with Crippen LogP contribution in [0, 0.1) is 0 Å². The van der Waals surface area contributed by atoms with Crippen LogP contribution in [0.25, 0.3) is 0 Å². The summed E-state index contributed by atoms with van der Waals surface area (Å²) in [5, 5.41) is 3.02. The zero-order valence-corrected chi connectivity index (χ0v) is 14.7. The van der Waals surface area contributed by atoms with Gasteiger partial charge in [-0.3, -0.25) is 0 Å². The molecule has 2 aromatic rings. The van der Waals surface area contributed by atoms with Crippen molar-refractivity contribution in [3.8, 4) is 0 Å². The fourth-order valence-electron chi connectivity index (χ4n) is 3.37. The number of sulfone groups is 1. The van der Waals surface area contributed by atoms with Crippen molar-refractivity contribution in [2.45, 2.75) is 29.1 Å². The molecular weight excluding hydrogens is 322 g/mol. The molecule has 128 valence electrons. The molecule has 0 saturated carbocycles. The molecule has 1 N–H and O–H groups in total. The van der Waals surface area contributed by atoms with Gasteiger partial charge in [0.25, 0.3) is 0 Å². The van der Waals surface area contributed by atoms with E-state index in [2.05, 4.69) is 5.32 Å². The Balaban J connectivity index is 2.15. The Kier molecular flexibility index (Phi) is 5.04. The molecule has 0 fully saturated rings. The van der Waals surface area contributed by atoms with Gasteiger partial charge in [-0.1, -0.05) is 42.5 Å². The van der Waals surface area contributed by atoms with Crippen molar-refractivity contribution in [3.63, 3.8) is 0 Å². The van der Waals surface area contributed by atoms with E-state index < -0.39 is 14.8 Å². The highest BCUT2D eigenvalue weighted by Crippen LogP contribution is 2.45. The fourth-order valence-corrected chi connectivity index (χ4v) is 5.41. The number of rotatable bonds is 6. The van der Waals surface area contributed by atoms with E-state index in [-0.39, 0.29) is 0 Å². The van der Waals surface area contributed by atoms with Crippen LogP contribution >= 0.6 is 0 Å². The highest BCUT2D eigenvalue weighted by molar-refractivity contribution is 7.92. The van der Waals surface area contributed by atoms with E-state index in [0.717, 1.165) is 24.0 Å². The van der Waals surface area contributed by atoms with Gasteiger partial charge in [0, 0.05) is 12.1 Å². The summed E-state index contributed by atoms with van der Waals surface area (Å²) >= 11 is 0. The molecule has 0 spiro atoms. The smallest absolute Gasteiger partial charge is 0.212 e. The normalized spacial score (nSPS) is 20.5. The minimum Gasteiger partial charge on any atom is -0.353 e. The lowest BCUT2D eigenvalue weighted by molar-refractivity contribution is 0.00483. The summed E-state index contributed by atoms with van der Waals surface area (Å²) in [6.45, 7) is 0.950. The van der Waals surface area contributed by atoms with Crippen LogP contribution in [0.1, 0.15) is 24.0 Å². The summed E-state index contributed by atoms with van der Waals surface area (Å²) in [6.07, 6.45) is 2.16.